The van der Waals surface area contributed by atoms with Crippen LogP contribution in [0.5, 0.6) is 5.75 Å². The van der Waals surface area contributed by atoms with Crippen molar-refractivity contribution < 1.29 is 4.74 Å². The van der Waals surface area contributed by atoms with Crippen LogP contribution in [0.2, 0.25) is 10.0 Å². The summed E-state index contributed by atoms with van der Waals surface area (Å²) < 4.78 is 5.55. The summed E-state index contributed by atoms with van der Waals surface area (Å²) in [4.78, 5) is 4.29. The molecule has 1 aromatic heterocycles. The van der Waals surface area contributed by atoms with E-state index in [-0.39, 0.29) is 0 Å². The molecule has 0 bridgehead atoms. The Balaban J connectivity index is 2.11. The third kappa shape index (κ3) is 3.03. The number of nitrogens with zero attached hydrogens (tertiary/aromatic N) is 1. The molecular formula is C11H10Cl2N2OS. The smallest absolute Gasteiger partial charge is 0.144 e. The lowest BCUT2D eigenvalue weighted by Gasteiger charge is -2.08. The second-order valence-corrected chi connectivity index (χ2v) is 5.23. The van der Waals surface area contributed by atoms with Gasteiger partial charge in [-0.15, -0.1) is 11.3 Å². The lowest BCUT2D eigenvalue weighted by atomic mass is 10.3. The highest BCUT2D eigenvalue weighted by molar-refractivity contribution is 7.09. The first-order chi connectivity index (χ1) is 8.06. The number of nitrogen functional groups attached to an aromatic ring is 1. The molecule has 90 valence electrons. The van der Waals surface area contributed by atoms with Gasteiger partial charge in [-0.2, -0.15) is 0 Å². The molecule has 0 aliphatic heterocycles. The Bertz CT molecular complexity index is 542. The Morgan fingerprint density at radius 1 is 1.35 bits per heavy atom. The standard InChI is InChI=1S/C11H10Cl2N2OS/c1-6-5-17-11(15-6)4-16-10-3-8(13)7(12)2-9(10)14/h2-3,5H,4,14H2,1H3. The zero-order valence-electron chi connectivity index (χ0n) is 9.04. The number of hydrogen-bond acceptors (Lipinski definition) is 4. The van der Waals surface area contributed by atoms with E-state index in [1.165, 1.54) is 0 Å². The summed E-state index contributed by atoms with van der Waals surface area (Å²) in [6.07, 6.45) is 0. The fourth-order valence-electron chi connectivity index (χ4n) is 1.28. The van der Waals surface area contributed by atoms with Gasteiger partial charge in [0.2, 0.25) is 0 Å². The number of aryl methyl sites for hydroxylation is 1. The largest absolute Gasteiger partial charge is 0.484 e. The number of anilines is 1. The summed E-state index contributed by atoms with van der Waals surface area (Å²) in [7, 11) is 0. The molecule has 17 heavy (non-hydrogen) atoms. The first-order valence-electron chi connectivity index (χ1n) is 4.84. The van der Waals surface area contributed by atoms with E-state index >= 15 is 0 Å². The molecule has 0 saturated heterocycles. The van der Waals surface area contributed by atoms with Crippen molar-refractivity contribution >= 4 is 40.2 Å². The highest BCUT2D eigenvalue weighted by Crippen LogP contribution is 2.32. The molecule has 0 atom stereocenters. The van der Waals surface area contributed by atoms with E-state index in [0.717, 1.165) is 10.7 Å². The molecule has 0 aliphatic carbocycles. The van der Waals surface area contributed by atoms with Crippen LogP contribution in [0.15, 0.2) is 17.5 Å². The van der Waals surface area contributed by atoms with Gasteiger partial charge in [0.1, 0.15) is 17.4 Å². The summed E-state index contributed by atoms with van der Waals surface area (Å²) in [5.74, 6) is 0.521. The molecule has 1 aromatic carbocycles. The average Bonchev–Trinajstić information content (AvgIpc) is 2.68. The van der Waals surface area contributed by atoms with Crippen molar-refractivity contribution in [1.82, 2.24) is 4.98 Å². The van der Waals surface area contributed by atoms with Crippen molar-refractivity contribution in [2.45, 2.75) is 13.5 Å². The number of hydrogen-bond donors (Lipinski definition) is 1. The minimum absolute atomic E-state index is 0.376. The van der Waals surface area contributed by atoms with Gasteiger partial charge in [0.05, 0.1) is 15.7 Å². The SMILES string of the molecule is Cc1csc(COc2cc(Cl)c(Cl)cc2N)n1. The van der Waals surface area contributed by atoms with Gasteiger partial charge in [0.25, 0.3) is 0 Å². The van der Waals surface area contributed by atoms with E-state index in [1.54, 1.807) is 23.5 Å². The molecule has 3 nitrogen and oxygen atoms in total. The highest BCUT2D eigenvalue weighted by Gasteiger charge is 2.07. The quantitative estimate of drug-likeness (QED) is 0.871. The first kappa shape index (κ1) is 12.5. The predicted molar refractivity (Wildman–Crippen MR) is 72.1 cm³/mol. The minimum atomic E-state index is 0.376. The number of nitrogens with two attached hydrogens (primary N) is 1. The van der Waals surface area contributed by atoms with Gasteiger partial charge < -0.3 is 10.5 Å². The monoisotopic (exact) mass is 288 g/mol. The Morgan fingerprint density at radius 2 is 2.06 bits per heavy atom. The van der Waals surface area contributed by atoms with Crippen molar-refractivity contribution in [3.05, 3.63) is 38.3 Å². The number of benzene rings is 1. The third-order valence-corrected chi connectivity index (χ3v) is 3.73. The zero-order valence-corrected chi connectivity index (χ0v) is 11.4. The van der Waals surface area contributed by atoms with Gasteiger partial charge in [-0.05, 0) is 13.0 Å². The van der Waals surface area contributed by atoms with Crippen LogP contribution in [0.4, 0.5) is 5.69 Å². The van der Waals surface area contributed by atoms with Crippen molar-refractivity contribution in [1.29, 1.82) is 0 Å². The predicted octanol–water partition coefficient (Wildman–Crippen LogP) is 3.92. The van der Waals surface area contributed by atoms with Crippen LogP contribution >= 0.6 is 34.5 Å². The lowest BCUT2D eigenvalue weighted by Crippen LogP contribution is -1.98. The Hall–Kier alpha value is -0.970. The normalized spacial score (nSPS) is 10.5. The molecular weight excluding hydrogens is 279 g/mol. The number of thiazole rings is 1. The molecule has 0 radical (unpaired) electrons. The number of ether oxygens (including phenoxy) is 1. The summed E-state index contributed by atoms with van der Waals surface area (Å²) in [6.45, 7) is 2.31. The van der Waals surface area contributed by atoms with Crippen molar-refractivity contribution in [3.8, 4) is 5.75 Å². The molecule has 0 amide bonds. The highest BCUT2D eigenvalue weighted by atomic mass is 35.5. The topological polar surface area (TPSA) is 48.1 Å². The average molecular weight is 289 g/mol. The van der Waals surface area contributed by atoms with Crippen LogP contribution in [0.1, 0.15) is 10.7 Å². The van der Waals surface area contributed by atoms with Gasteiger partial charge in [-0.3, -0.25) is 0 Å². The van der Waals surface area contributed by atoms with Gasteiger partial charge >= 0.3 is 0 Å². The third-order valence-electron chi connectivity index (χ3n) is 2.07. The van der Waals surface area contributed by atoms with E-state index in [1.807, 2.05) is 12.3 Å². The Morgan fingerprint density at radius 3 is 2.71 bits per heavy atom. The number of aromatic nitrogens is 1. The fourth-order valence-corrected chi connectivity index (χ4v) is 2.29. The molecule has 0 aliphatic rings. The second kappa shape index (κ2) is 5.12. The van der Waals surface area contributed by atoms with Crippen molar-refractivity contribution in [2.75, 3.05) is 5.73 Å². The molecule has 1 heterocycles. The molecule has 2 rings (SSSR count). The maximum Gasteiger partial charge on any atom is 0.144 e. The number of halogens is 2. The van der Waals surface area contributed by atoms with Crippen molar-refractivity contribution in [2.24, 2.45) is 0 Å². The minimum Gasteiger partial charge on any atom is -0.484 e. The molecule has 0 unspecified atom stereocenters. The van der Waals surface area contributed by atoms with E-state index in [2.05, 4.69) is 4.98 Å². The van der Waals surface area contributed by atoms with E-state index in [4.69, 9.17) is 33.7 Å². The summed E-state index contributed by atoms with van der Waals surface area (Å²) in [6, 6.07) is 3.19. The van der Waals surface area contributed by atoms with Crippen molar-refractivity contribution in [3.63, 3.8) is 0 Å². The Kier molecular flexibility index (Phi) is 3.76. The zero-order chi connectivity index (χ0) is 12.4. The first-order valence-corrected chi connectivity index (χ1v) is 6.48. The molecule has 0 fully saturated rings. The molecule has 0 spiro atoms. The van der Waals surface area contributed by atoms with Crippen LogP contribution in [-0.4, -0.2) is 4.98 Å². The van der Waals surface area contributed by atoms with Crippen LogP contribution in [0, 0.1) is 6.92 Å². The van der Waals surface area contributed by atoms with E-state index < -0.39 is 0 Å². The van der Waals surface area contributed by atoms with E-state index in [0.29, 0.717) is 28.1 Å². The summed E-state index contributed by atoms with van der Waals surface area (Å²) in [5.41, 5.74) is 7.22. The van der Waals surface area contributed by atoms with Gasteiger partial charge in [0.15, 0.2) is 0 Å². The molecule has 2 N–H and O–H groups in total. The van der Waals surface area contributed by atoms with Crippen LogP contribution in [0.3, 0.4) is 0 Å². The summed E-state index contributed by atoms with van der Waals surface area (Å²) in [5, 5.41) is 3.71. The van der Waals surface area contributed by atoms with Crippen LogP contribution in [-0.2, 0) is 6.61 Å². The fraction of sp³-hybridized carbons (Fsp3) is 0.182. The molecule has 6 heteroatoms. The van der Waals surface area contributed by atoms with Crippen LogP contribution < -0.4 is 10.5 Å². The van der Waals surface area contributed by atoms with Crippen LogP contribution in [0.25, 0.3) is 0 Å². The van der Waals surface area contributed by atoms with Gasteiger partial charge in [-0.25, -0.2) is 4.98 Å². The molecule has 0 saturated carbocycles. The second-order valence-electron chi connectivity index (χ2n) is 3.48. The van der Waals surface area contributed by atoms with Gasteiger partial charge in [-0.1, -0.05) is 23.2 Å². The van der Waals surface area contributed by atoms with Gasteiger partial charge in [0, 0.05) is 17.1 Å². The maximum absolute atomic E-state index is 5.89. The van der Waals surface area contributed by atoms with E-state index in [9.17, 15) is 0 Å². The maximum atomic E-state index is 5.89. The lowest BCUT2D eigenvalue weighted by molar-refractivity contribution is 0.307. The molecule has 2 aromatic rings. The Labute approximate surface area is 113 Å². The number of rotatable bonds is 3. The summed E-state index contributed by atoms with van der Waals surface area (Å²) >= 11 is 13.3.